The number of fused-ring (bicyclic) bond motifs is 2. The maximum Gasteiger partial charge on any atom is 0.320 e. The van der Waals surface area contributed by atoms with Crippen LogP contribution >= 0.6 is 33.9 Å². The van der Waals surface area contributed by atoms with E-state index in [2.05, 4.69) is 63.0 Å². The molecule has 0 saturated carbocycles. The number of carbonyl (C=O) groups is 1. The van der Waals surface area contributed by atoms with Crippen molar-refractivity contribution in [3.8, 4) is 5.75 Å². The summed E-state index contributed by atoms with van der Waals surface area (Å²) >= 11 is 3.98. The first-order valence-corrected chi connectivity index (χ1v) is 13.4. The van der Waals surface area contributed by atoms with Crippen LogP contribution in [0.25, 0.3) is 21.0 Å². The molecular formula is C28H22IN3O3S. The fourth-order valence-electron chi connectivity index (χ4n) is 4.09. The summed E-state index contributed by atoms with van der Waals surface area (Å²) in [5.41, 5.74) is 2.38. The zero-order chi connectivity index (χ0) is 24.9. The van der Waals surface area contributed by atoms with Crippen molar-refractivity contribution in [1.29, 1.82) is 0 Å². The van der Waals surface area contributed by atoms with Crippen LogP contribution in [-0.2, 0) is 6.54 Å². The molecule has 36 heavy (non-hydrogen) atoms. The second-order valence-corrected chi connectivity index (χ2v) is 10.5. The Morgan fingerprint density at radius 3 is 2.56 bits per heavy atom. The molecule has 0 atom stereocenters. The standard InChI is InChI=1S/C28H22IN3O3S/c29-21-13-10-19(11-14-21)18-32(28-30-24-8-3-4-9-25(24)36-28)16-5-17-35-26-22-7-2-1-6-20(22)12-15-23(26)27(33)31-34/h1-4,6-15H,5,16-18H2. The molecule has 0 aliphatic heterocycles. The Hall–Kier alpha value is -3.37. The van der Waals surface area contributed by atoms with Crippen molar-refractivity contribution in [2.45, 2.75) is 13.0 Å². The predicted octanol–water partition coefficient (Wildman–Crippen LogP) is 7.44. The first kappa shape index (κ1) is 24.3. The predicted molar refractivity (Wildman–Crippen MR) is 154 cm³/mol. The normalized spacial score (nSPS) is 11.0. The number of ether oxygens (including phenoxy) is 1. The summed E-state index contributed by atoms with van der Waals surface area (Å²) in [6.07, 6.45) is 0.700. The Morgan fingerprint density at radius 2 is 1.75 bits per heavy atom. The fourth-order valence-corrected chi connectivity index (χ4v) is 5.44. The first-order chi connectivity index (χ1) is 17.6. The summed E-state index contributed by atoms with van der Waals surface area (Å²) in [5.74, 6) is -0.424. The van der Waals surface area contributed by atoms with E-state index >= 15 is 0 Å². The van der Waals surface area contributed by atoms with E-state index in [4.69, 9.17) is 9.72 Å². The van der Waals surface area contributed by atoms with Gasteiger partial charge in [0.25, 0.3) is 0 Å². The number of halogens is 1. The molecule has 0 unspecified atom stereocenters. The van der Waals surface area contributed by atoms with Crippen LogP contribution in [0.1, 0.15) is 22.3 Å². The number of hydrogen-bond acceptors (Lipinski definition) is 6. The molecule has 0 aliphatic rings. The number of amides is 1. The number of nitroso groups, excluding NO2 is 1. The first-order valence-electron chi connectivity index (χ1n) is 11.5. The lowest BCUT2D eigenvalue weighted by Gasteiger charge is -2.22. The Kier molecular flexibility index (Phi) is 7.52. The average molecular weight is 607 g/mol. The minimum absolute atomic E-state index is 0.186. The van der Waals surface area contributed by atoms with Gasteiger partial charge in [0.2, 0.25) is 0 Å². The van der Waals surface area contributed by atoms with Crippen LogP contribution in [0.4, 0.5) is 5.13 Å². The largest absolute Gasteiger partial charge is 0.492 e. The topological polar surface area (TPSA) is 71.9 Å². The van der Waals surface area contributed by atoms with Crippen molar-refractivity contribution in [2.75, 3.05) is 18.1 Å². The van der Waals surface area contributed by atoms with Gasteiger partial charge in [0.15, 0.2) is 5.13 Å². The van der Waals surface area contributed by atoms with Gasteiger partial charge in [0, 0.05) is 27.2 Å². The van der Waals surface area contributed by atoms with Gasteiger partial charge in [0.1, 0.15) is 5.75 Å². The van der Waals surface area contributed by atoms with Crippen LogP contribution in [0.2, 0.25) is 0 Å². The van der Waals surface area contributed by atoms with E-state index < -0.39 is 5.91 Å². The van der Waals surface area contributed by atoms with Gasteiger partial charge in [-0.2, -0.15) is 0 Å². The van der Waals surface area contributed by atoms with E-state index in [9.17, 15) is 9.70 Å². The van der Waals surface area contributed by atoms with Crippen LogP contribution < -0.4 is 9.64 Å². The molecule has 0 N–H and O–H groups in total. The Balaban J connectivity index is 1.35. The van der Waals surface area contributed by atoms with Crippen LogP contribution in [0.3, 0.4) is 0 Å². The number of benzene rings is 4. The molecule has 180 valence electrons. The van der Waals surface area contributed by atoms with Crippen LogP contribution in [0.15, 0.2) is 90.1 Å². The second kappa shape index (κ2) is 11.1. The van der Waals surface area contributed by atoms with Gasteiger partial charge >= 0.3 is 5.91 Å². The summed E-state index contributed by atoms with van der Waals surface area (Å²) in [7, 11) is 0. The maximum atomic E-state index is 12.1. The Labute approximate surface area is 226 Å². The third-order valence-corrected chi connectivity index (χ3v) is 7.67. The maximum absolute atomic E-state index is 12.1. The van der Waals surface area contributed by atoms with Crippen molar-refractivity contribution >= 4 is 66.0 Å². The number of aromatic nitrogens is 1. The lowest BCUT2D eigenvalue weighted by molar-refractivity contribution is 0.0997. The molecule has 8 heteroatoms. The molecule has 4 aromatic carbocycles. The monoisotopic (exact) mass is 607 g/mol. The third kappa shape index (κ3) is 5.39. The van der Waals surface area contributed by atoms with Crippen LogP contribution in [0.5, 0.6) is 5.75 Å². The van der Waals surface area contributed by atoms with Crippen molar-refractivity contribution in [3.05, 3.63) is 105 Å². The molecule has 0 bridgehead atoms. The minimum atomic E-state index is -0.828. The van der Waals surface area contributed by atoms with Gasteiger partial charge in [-0.25, -0.2) is 4.98 Å². The van der Waals surface area contributed by atoms with Crippen molar-refractivity contribution in [1.82, 2.24) is 4.98 Å². The number of nitrogens with zero attached hydrogens (tertiary/aromatic N) is 3. The van der Waals surface area contributed by atoms with Crippen molar-refractivity contribution < 1.29 is 9.53 Å². The zero-order valence-corrected chi connectivity index (χ0v) is 22.2. The van der Waals surface area contributed by atoms with Gasteiger partial charge in [-0.3, -0.25) is 4.79 Å². The van der Waals surface area contributed by atoms with Gasteiger partial charge < -0.3 is 9.64 Å². The highest BCUT2D eigenvalue weighted by molar-refractivity contribution is 14.1. The van der Waals surface area contributed by atoms with E-state index in [1.165, 1.54) is 9.13 Å². The minimum Gasteiger partial charge on any atom is -0.492 e. The van der Waals surface area contributed by atoms with E-state index in [1.807, 2.05) is 42.5 Å². The molecule has 0 fully saturated rings. The van der Waals surface area contributed by atoms with E-state index in [1.54, 1.807) is 23.5 Å². The molecule has 0 aliphatic carbocycles. The summed E-state index contributed by atoms with van der Waals surface area (Å²) in [6.45, 7) is 1.82. The number of hydrogen-bond donors (Lipinski definition) is 0. The molecule has 5 rings (SSSR count). The lowest BCUT2D eigenvalue weighted by Crippen LogP contribution is -2.25. The molecule has 0 radical (unpaired) electrons. The SMILES string of the molecule is O=NC(=O)c1ccc2ccccc2c1OCCCN(Cc1ccc(I)cc1)c1nc2ccccc2s1. The fraction of sp³-hybridized carbons (Fsp3) is 0.143. The molecule has 6 nitrogen and oxygen atoms in total. The Bertz CT molecular complexity index is 1500. The summed E-state index contributed by atoms with van der Waals surface area (Å²) in [6, 6.07) is 27.7. The second-order valence-electron chi connectivity index (χ2n) is 8.27. The molecule has 1 aromatic heterocycles. The van der Waals surface area contributed by atoms with Crippen molar-refractivity contribution in [2.24, 2.45) is 5.18 Å². The number of carbonyl (C=O) groups excluding carboxylic acids is 1. The lowest BCUT2D eigenvalue weighted by atomic mass is 10.0. The average Bonchev–Trinajstić information content (AvgIpc) is 3.35. The molecule has 5 aromatic rings. The van der Waals surface area contributed by atoms with E-state index in [0.717, 1.165) is 32.7 Å². The number of rotatable bonds is 9. The smallest absolute Gasteiger partial charge is 0.320 e. The molecule has 1 heterocycles. The highest BCUT2D eigenvalue weighted by atomic mass is 127. The summed E-state index contributed by atoms with van der Waals surface area (Å²) in [4.78, 5) is 30.2. The quantitative estimate of drug-likeness (QED) is 0.0990. The number of para-hydroxylation sites is 1. The molecule has 0 saturated heterocycles. The van der Waals surface area contributed by atoms with Gasteiger partial charge in [-0.1, -0.05) is 65.9 Å². The van der Waals surface area contributed by atoms with Crippen molar-refractivity contribution in [3.63, 3.8) is 0 Å². The Morgan fingerprint density at radius 1 is 0.972 bits per heavy atom. The van der Waals surface area contributed by atoms with E-state index in [-0.39, 0.29) is 5.56 Å². The number of anilines is 1. The zero-order valence-electron chi connectivity index (χ0n) is 19.3. The van der Waals surface area contributed by atoms with Gasteiger partial charge in [-0.15, -0.1) is 4.91 Å². The molecule has 0 spiro atoms. The highest BCUT2D eigenvalue weighted by Gasteiger charge is 2.17. The summed E-state index contributed by atoms with van der Waals surface area (Å²) in [5, 5.41) is 5.29. The van der Waals surface area contributed by atoms with Crippen LogP contribution in [-0.4, -0.2) is 24.0 Å². The van der Waals surface area contributed by atoms with Gasteiger partial charge in [-0.05, 0) is 70.3 Å². The third-order valence-electron chi connectivity index (χ3n) is 5.85. The molecule has 1 amide bonds. The van der Waals surface area contributed by atoms with E-state index in [0.29, 0.717) is 25.3 Å². The molecular weight excluding hydrogens is 585 g/mol. The van der Waals surface area contributed by atoms with Gasteiger partial charge in [0.05, 0.1) is 22.4 Å². The number of thiazole rings is 1. The van der Waals surface area contributed by atoms with Crippen LogP contribution in [0, 0.1) is 8.48 Å². The highest BCUT2D eigenvalue weighted by Crippen LogP contribution is 2.32. The summed E-state index contributed by atoms with van der Waals surface area (Å²) < 4.78 is 8.47.